The number of thiophene rings is 1. The van der Waals surface area contributed by atoms with Crippen LogP contribution in [0.15, 0.2) is 24.5 Å². The molecule has 144 valence electrons. The third kappa shape index (κ3) is 2.77. The molecule has 9 heteroatoms. The fourth-order valence-corrected chi connectivity index (χ4v) is 4.90. The molecule has 0 N–H and O–H groups in total. The number of aryl methyl sites for hydroxylation is 2. The first-order valence-electron chi connectivity index (χ1n) is 8.93. The van der Waals surface area contributed by atoms with Crippen LogP contribution in [0, 0.1) is 0 Å². The van der Waals surface area contributed by atoms with Gasteiger partial charge in [-0.2, -0.15) is 8.78 Å². The summed E-state index contributed by atoms with van der Waals surface area (Å²) in [5, 5.41) is 5.61. The number of hydrogen-bond donors (Lipinski definition) is 0. The van der Waals surface area contributed by atoms with Crippen molar-refractivity contribution in [1.29, 1.82) is 0 Å². The molecule has 1 aromatic carbocycles. The predicted molar refractivity (Wildman–Crippen MR) is 101 cm³/mol. The van der Waals surface area contributed by atoms with E-state index < -0.39 is 6.61 Å². The lowest BCUT2D eigenvalue weighted by Gasteiger charge is -2.10. The molecule has 1 aliphatic carbocycles. The number of aromatic nitrogens is 4. The molecule has 0 amide bonds. The molecule has 0 aliphatic heterocycles. The topological polar surface area (TPSA) is 61.5 Å². The van der Waals surface area contributed by atoms with E-state index in [1.165, 1.54) is 36.5 Å². The lowest BCUT2D eigenvalue weighted by Crippen LogP contribution is -2.03. The van der Waals surface area contributed by atoms with Gasteiger partial charge in [0.15, 0.2) is 23.0 Å². The predicted octanol–water partition coefficient (Wildman–Crippen LogP) is 4.49. The van der Waals surface area contributed by atoms with Gasteiger partial charge in [-0.05, 0) is 49.4 Å². The van der Waals surface area contributed by atoms with E-state index in [0.29, 0.717) is 11.4 Å². The first-order valence-corrected chi connectivity index (χ1v) is 9.74. The van der Waals surface area contributed by atoms with E-state index in [0.717, 1.165) is 28.7 Å². The average molecular weight is 402 g/mol. The Labute approximate surface area is 162 Å². The van der Waals surface area contributed by atoms with Gasteiger partial charge in [-0.15, -0.1) is 16.4 Å². The third-order valence-corrected chi connectivity index (χ3v) is 6.13. The number of methoxy groups -OCH3 is 1. The van der Waals surface area contributed by atoms with Crippen molar-refractivity contribution in [2.45, 2.75) is 32.3 Å². The molecule has 0 fully saturated rings. The number of ether oxygens (including phenoxy) is 2. The molecule has 3 aromatic heterocycles. The molecule has 4 aromatic rings. The highest BCUT2D eigenvalue weighted by Crippen LogP contribution is 2.38. The number of benzene rings is 1. The van der Waals surface area contributed by atoms with Gasteiger partial charge in [-0.1, -0.05) is 0 Å². The molecular weight excluding hydrogens is 386 g/mol. The zero-order valence-electron chi connectivity index (χ0n) is 15.0. The van der Waals surface area contributed by atoms with E-state index >= 15 is 0 Å². The SMILES string of the molecule is COc1cc(-c2nc3c4c5c(sc4ncn3n2)CCCC5)ccc1OC(F)F. The Morgan fingerprint density at radius 2 is 2.04 bits per heavy atom. The first-order chi connectivity index (χ1) is 13.6. The normalized spacial score (nSPS) is 14.0. The Hall–Kier alpha value is -2.81. The molecule has 0 unspecified atom stereocenters. The van der Waals surface area contributed by atoms with Gasteiger partial charge in [0.2, 0.25) is 0 Å². The molecule has 0 radical (unpaired) electrons. The highest BCUT2D eigenvalue weighted by atomic mass is 32.1. The van der Waals surface area contributed by atoms with Gasteiger partial charge in [-0.25, -0.2) is 14.5 Å². The monoisotopic (exact) mass is 402 g/mol. The fourth-order valence-electron chi connectivity index (χ4n) is 3.68. The van der Waals surface area contributed by atoms with Gasteiger partial charge in [0.25, 0.3) is 0 Å². The van der Waals surface area contributed by atoms with Gasteiger partial charge in [-0.3, -0.25) is 0 Å². The van der Waals surface area contributed by atoms with E-state index in [4.69, 9.17) is 9.72 Å². The van der Waals surface area contributed by atoms with Crippen LogP contribution in [-0.2, 0) is 12.8 Å². The van der Waals surface area contributed by atoms with E-state index in [9.17, 15) is 8.78 Å². The summed E-state index contributed by atoms with van der Waals surface area (Å²) in [6.45, 7) is -2.92. The molecule has 0 spiro atoms. The molecule has 0 bridgehead atoms. The lowest BCUT2D eigenvalue weighted by molar-refractivity contribution is -0.0512. The molecule has 28 heavy (non-hydrogen) atoms. The highest BCUT2D eigenvalue weighted by Gasteiger charge is 2.21. The number of nitrogens with zero attached hydrogens (tertiary/aromatic N) is 4. The second-order valence-electron chi connectivity index (χ2n) is 6.58. The van der Waals surface area contributed by atoms with Crippen molar-refractivity contribution in [3.05, 3.63) is 35.0 Å². The number of hydrogen-bond acceptors (Lipinski definition) is 6. The minimum Gasteiger partial charge on any atom is -0.493 e. The van der Waals surface area contributed by atoms with Crippen LogP contribution in [0.5, 0.6) is 11.5 Å². The molecular formula is C19H16F2N4O2S. The Morgan fingerprint density at radius 3 is 2.86 bits per heavy atom. The smallest absolute Gasteiger partial charge is 0.387 e. The van der Waals surface area contributed by atoms with Crippen molar-refractivity contribution in [2.75, 3.05) is 7.11 Å². The second-order valence-corrected chi connectivity index (χ2v) is 7.67. The standard InChI is InChI=1S/C19H16F2N4O2S/c1-26-13-8-10(6-7-12(13)27-19(20)21)16-23-17-15-11-4-2-3-5-14(11)28-18(15)22-9-25(17)24-16/h6-9,19H,2-5H2,1H3. The minimum absolute atomic E-state index is 0.0269. The van der Waals surface area contributed by atoms with E-state index in [1.807, 2.05) is 0 Å². The maximum absolute atomic E-state index is 12.5. The second kappa shape index (κ2) is 6.66. The summed E-state index contributed by atoms with van der Waals surface area (Å²) >= 11 is 1.73. The van der Waals surface area contributed by atoms with Gasteiger partial charge >= 0.3 is 6.61 Å². The van der Waals surface area contributed by atoms with E-state index in [2.05, 4.69) is 14.8 Å². The van der Waals surface area contributed by atoms with Crippen molar-refractivity contribution in [1.82, 2.24) is 19.6 Å². The summed E-state index contributed by atoms with van der Waals surface area (Å²) in [4.78, 5) is 11.7. The van der Waals surface area contributed by atoms with Crippen molar-refractivity contribution in [2.24, 2.45) is 0 Å². The quantitative estimate of drug-likeness (QED) is 0.503. The van der Waals surface area contributed by atoms with Crippen LogP contribution in [-0.4, -0.2) is 33.3 Å². The lowest BCUT2D eigenvalue weighted by atomic mass is 9.97. The maximum atomic E-state index is 12.5. The zero-order valence-corrected chi connectivity index (χ0v) is 15.8. The molecule has 0 saturated carbocycles. The van der Waals surface area contributed by atoms with Gasteiger partial charge in [0.1, 0.15) is 11.2 Å². The van der Waals surface area contributed by atoms with Gasteiger partial charge in [0.05, 0.1) is 12.5 Å². The minimum atomic E-state index is -2.92. The summed E-state index contributed by atoms with van der Waals surface area (Å²) in [5.74, 6) is 0.653. The summed E-state index contributed by atoms with van der Waals surface area (Å²) in [6, 6.07) is 4.68. The third-order valence-electron chi connectivity index (χ3n) is 4.93. The summed E-state index contributed by atoms with van der Waals surface area (Å²) in [7, 11) is 1.40. The highest BCUT2D eigenvalue weighted by molar-refractivity contribution is 7.19. The number of fused-ring (bicyclic) bond motifs is 5. The van der Waals surface area contributed by atoms with Crippen molar-refractivity contribution < 1.29 is 18.3 Å². The number of rotatable bonds is 4. The Bertz CT molecular complexity index is 1190. The largest absolute Gasteiger partial charge is 0.493 e. The molecule has 6 nitrogen and oxygen atoms in total. The molecule has 0 saturated heterocycles. The van der Waals surface area contributed by atoms with E-state index in [-0.39, 0.29) is 11.5 Å². The maximum Gasteiger partial charge on any atom is 0.387 e. The van der Waals surface area contributed by atoms with Crippen LogP contribution in [0.1, 0.15) is 23.3 Å². The van der Waals surface area contributed by atoms with Crippen molar-refractivity contribution in [3.63, 3.8) is 0 Å². The van der Waals surface area contributed by atoms with Gasteiger partial charge in [0, 0.05) is 10.4 Å². The van der Waals surface area contributed by atoms with Crippen LogP contribution in [0.25, 0.3) is 27.3 Å². The molecule has 5 rings (SSSR count). The summed E-state index contributed by atoms with van der Waals surface area (Å²) in [5.41, 5.74) is 2.76. The zero-order chi connectivity index (χ0) is 19.3. The molecule has 0 atom stereocenters. The van der Waals surface area contributed by atoms with E-state index in [1.54, 1.807) is 34.3 Å². The van der Waals surface area contributed by atoms with Crippen molar-refractivity contribution >= 4 is 27.2 Å². The summed E-state index contributed by atoms with van der Waals surface area (Å²) in [6.07, 6.45) is 6.17. The number of halogens is 2. The van der Waals surface area contributed by atoms with Crippen LogP contribution in [0.3, 0.4) is 0 Å². The first kappa shape index (κ1) is 17.3. The molecule has 3 heterocycles. The van der Waals surface area contributed by atoms with Crippen LogP contribution < -0.4 is 9.47 Å². The molecule has 1 aliphatic rings. The van der Waals surface area contributed by atoms with Crippen molar-refractivity contribution in [3.8, 4) is 22.9 Å². The Morgan fingerprint density at radius 1 is 1.18 bits per heavy atom. The Kier molecular flexibility index (Phi) is 4.12. The summed E-state index contributed by atoms with van der Waals surface area (Å²) < 4.78 is 36.4. The Balaban J connectivity index is 1.64. The van der Waals surface area contributed by atoms with Gasteiger partial charge < -0.3 is 9.47 Å². The van der Waals surface area contributed by atoms with Crippen LogP contribution in [0.2, 0.25) is 0 Å². The van der Waals surface area contributed by atoms with Crippen LogP contribution >= 0.6 is 11.3 Å². The fraction of sp³-hybridized carbons (Fsp3) is 0.316. The average Bonchev–Trinajstić information content (AvgIpc) is 3.28. The number of alkyl halides is 2. The van der Waals surface area contributed by atoms with Crippen LogP contribution in [0.4, 0.5) is 8.78 Å².